The van der Waals surface area contributed by atoms with Gasteiger partial charge >= 0.3 is 0 Å². The summed E-state index contributed by atoms with van der Waals surface area (Å²) in [6, 6.07) is 3.77. The first-order valence-corrected chi connectivity index (χ1v) is 7.14. The molecule has 0 heterocycles. The van der Waals surface area contributed by atoms with Crippen molar-refractivity contribution in [1.29, 1.82) is 0 Å². The SMILES string of the molecule is Cc1ccc(C(=O)NCC(F)F)cc1S(=O)(=O)Cl. The van der Waals surface area contributed by atoms with Crippen molar-refractivity contribution in [1.82, 2.24) is 5.32 Å². The third kappa shape index (κ3) is 3.92. The molecule has 0 bridgehead atoms. The molecule has 0 aliphatic carbocycles. The number of nitrogens with one attached hydrogen (secondary N) is 1. The Morgan fingerprint density at radius 1 is 1.44 bits per heavy atom. The summed E-state index contributed by atoms with van der Waals surface area (Å²) < 4.78 is 46.2. The highest BCUT2D eigenvalue weighted by Gasteiger charge is 2.17. The Morgan fingerprint density at radius 3 is 2.56 bits per heavy atom. The predicted octanol–water partition coefficient (Wildman–Crippen LogP) is 1.92. The lowest BCUT2D eigenvalue weighted by Crippen LogP contribution is -2.28. The summed E-state index contributed by atoms with van der Waals surface area (Å²) in [5.41, 5.74) is 0.330. The van der Waals surface area contributed by atoms with E-state index in [0.29, 0.717) is 5.56 Å². The van der Waals surface area contributed by atoms with Crippen molar-refractivity contribution >= 4 is 25.6 Å². The minimum atomic E-state index is -3.98. The van der Waals surface area contributed by atoms with Crippen LogP contribution >= 0.6 is 10.7 Å². The highest BCUT2D eigenvalue weighted by Crippen LogP contribution is 2.20. The fourth-order valence-corrected chi connectivity index (χ4v) is 2.49. The molecule has 1 N–H and O–H groups in total. The molecule has 100 valence electrons. The van der Waals surface area contributed by atoms with Gasteiger partial charge in [-0.05, 0) is 24.6 Å². The average molecular weight is 298 g/mol. The molecule has 18 heavy (non-hydrogen) atoms. The maximum Gasteiger partial charge on any atom is 0.261 e. The number of amides is 1. The van der Waals surface area contributed by atoms with Gasteiger partial charge in [-0.2, -0.15) is 0 Å². The molecule has 0 atom stereocenters. The Bertz CT molecular complexity index is 560. The second kappa shape index (κ2) is 5.62. The van der Waals surface area contributed by atoms with E-state index in [9.17, 15) is 22.0 Å². The maximum absolute atomic E-state index is 11.9. The third-order valence-electron chi connectivity index (χ3n) is 2.13. The molecule has 0 aliphatic heterocycles. The number of hydrogen-bond donors (Lipinski definition) is 1. The van der Waals surface area contributed by atoms with Gasteiger partial charge < -0.3 is 5.32 Å². The first-order valence-electron chi connectivity index (χ1n) is 4.83. The summed E-state index contributed by atoms with van der Waals surface area (Å²) in [6.45, 7) is 0.714. The smallest absolute Gasteiger partial charge is 0.261 e. The van der Waals surface area contributed by atoms with Crippen molar-refractivity contribution in [3.63, 3.8) is 0 Å². The molecule has 4 nitrogen and oxygen atoms in total. The van der Waals surface area contributed by atoms with Crippen LogP contribution in [0.5, 0.6) is 0 Å². The van der Waals surface area contributed by atoms with E-state index in [1.165, 1.54) is 19.1 Å². The van der Waals surface area contributed by atoms with Gasteiger partial charge in [-0.1, -0.05) is 6.07 Å². The molecule has 1 aromatic rings. The van der Waals surface area contributed by atoms with Gasteiger partial charge in [0.05, 0.1) is 11.4 Å². The van der Waals surface area contributed by atoms with Crippen molar-refractivity contribution in [2.45, 2.75) is 18.2 Å². The van der Waals surface area contributed by atoms with Crippen LogP contribution in [0.3, 0.4) is 0 Å². The lowest BCUT2D eigenvalue weighted by molar-refractivity contribution is 0.0891. The van der Waals surface area contributed by atoms with E-state index in [-0.39, 0.29) is 10.5 Å². The van der Waals surface area contributed by atoms with Gasteiger partial charge in [0, 0.05) is 16.2 Å². The standard InChI is InChI=1S/C10H10ClF2NO3S/c1-6-2-3-7(4-8(6)18(11,16)17)10(15)14-5-9(12)13/h2-4,9H,5H2,1H3,(H,14,15). The fourth-order valence-electron chi connectivity index (χ4n) is 1.28. The largest absolute Gasteiger partial charge is 0.346 e. The van der Waals surface area contributed by atoms with E-state index >= 15 is 0 Å². The number of carbonyl (C=O) groups excluding carboxylic acids is 1. The molecule has 0 saturated heterocycles. The lowest BCUT2D eigenvalue weighted by Gasteiger charge is -2.07. The van der Waals surface area contributed by atoms with Crippen LogP contribution in [0, 0.1) is 6.92 Å². The molecule has 0 saturated carbocycles. The average Bonchev–Trinajstić information content (AvgIpc) is 2.24. The van der Waals surface area contributed by atoms with Crippen LogP contribution in [0.1, 0.15) is 15.9 Å². The van der Waals surface area contributed by atoms with Crippen LogP contribution in [0.15, 0.2) is 23.1 Å². The van der Waals surface area contributed by atoms with Crippen molar-refractivity contribution in [2.75, 3.05) is 6.54 Å². The van der Waals surface area contributed by atoms with Gasteiger partial charge in [0.1, 0.15) is 0 Å². The fraction of sp³-hybridized carbons (Fsp3) is 0.300. The Kier molecular flexibility index (Phi) is 4.64. The molecule has 8 heteroatoms. The van der Waals surface area contributed by atoms with Crippen LogP contribution in [0.25, 0.3) is 0 Å². The zero-order valence-corrected chi connectivity index (χ0v) is 10.9. The first-order chi connectivity index (χ1) is 8.21. The van der Waals surface area contributed by atoms with E-state index in [1.807, 2.05) is 5.32 Å². The summed E-state index contributed by atoms with van der Waals surface area (Å²) in [7, 11) is 1.21. The number of aryl methyl sites for hydroxylation is 1. The molecule has 0 unspecified atom stereocenters. The molecule has 1 rings (SSSR count). The molecule has 0 spiro atoms. The van der Waals surface area contributed by atoms with Gasteiger partial charge in [-0.15, -0.1) is 0 Å². The Morgan fingerprint density at radius 2 is 2.06 bits per heavy atom. The molecule has 0 aromatic heterocycles. The van der Waals surface area contributed by atoms with Crippen LogP contribution in [0.2, 0.25) is 0 Å². The quantitative estimate of drug-likeness (QED) is 0.864. The second-order valence-corrected chi connectivity index (χ2v) is 6.05. The van der Waals surface area contributed by atoms with Crippen LogP contribution < -0.4 is 5.32 Å². The minimum Gasteiger partial charge on any atom is -0.346 e. The Balaban J connectivity index is 3.02. The van der Waals surface area contributed by atoms with Gasteiger partial charge in [0.15, 0.2) is 0 Å². The monoisotopic (exact) mass is 297 g/mol. The molecule has 1 aromatic carbocycles. The summed E-state index contributed by atoms with van der Waals surface area (Å²) in [6.07, 6.45) is -2.67. The number of carbonyl (C=O) groups is 1. The lowest BCUT2D eigenvalue weighted by atomic mass is 10.1. The Hall–Kier alpha value is -1.21. The second-order valence-electron chi connectivity index (χ2n) is 3.52. The zero-order chi connectivity index (χ0) is 13.9. The topological polar surface area (TPSA) is 63.2 Å². The van der Waals surface area contributed by atoms with E-state index in [0.717, 1.165) is 6.07 Å². The van der Waals surface area contributed by atoms with E-state index in [4.69, 9.17) is 10.7 Å². The highest BCUT2D eigenvalue weighted by molar-refractivity contribution is 8.13. The van der Waals surface area contributed by atoms with Crippen molar-refractivity contribution < 1.29 is 22.0 Å². The third-order valence-corrected chi connectivity index (χ3v) is 3.59. The minimum absolute atomic E-state index is 0.0412. The normalized spacial score (nSPS) is 11.6. The Labute approximate surface area is 107 Å². The molecular formula is C10H10ClF2NO3S. The van der Waals surface area contributed by atoms with Crippen LogP contribution in [-0.4, -0.2) is 27.3 Å². The number of halogens is 3. The summed E-state index contributed by atoms with van der Waals surface area (Å²) >= 11 is 0. The number of hydrogen-bond acceptors (Lipinski definition) is 3. The number of rotatable bonds is 4. The number of alkyl halides is 2. The van der Waals surface area contributed by atoms with Gasteiger partial charge in [0.25, 0.3) is 21.4 Å². The zero-order valence-electron chi connectivity index (χ0n) is 9.28. The number of benzene rings is 1. The maximum atomic E-state index is 11.9. The van der Waals surface area contributed by atoms with Gasteiger partial charge in [-0.3, -0.25) is 4.79 Å². The summed E-state index contributed by atoms with van der Waals surface area (Å²) in [5.74, 6) is -0.781. The van der Waals surface area contributed by atoms with Gasteiger partial charge in [-0.25, -0.2) is 17.2 Å². The highest BCUT2D eigenvalue weighted by atomic mass is 35.7. The molecule has 0 radical (unpaired) electrons. The van der Waals surface area contributed by atoms with Crippen LogP contribution in [-0.2, 0) is 9.05 Å². The molecule has 0 fully saturated rings. The first kappa shape index (κ1) is 14.8. The molecule has 0 aliphatic rings. The van der Waals surface area contributed by atoms with E-state index < -0.39 is 27.9 Å². The van der Waals surface area contributed by atoms with Crippen molar-refractivity contribution in [3.05, 3.63) is 29.3 Å². The van der Waals surface area contributed by atoms with Crippen molar-refractivity contribution in [3.8, 4) is 0 Å². The predicted molar refractivity (Wildman–Crippen MR) is 62.6 cm³/mol. The van der Waals surface area contributed by atoms with Gasteiger partial charge in [0.2, 0.25) is 0 Å². The summed E-state index contributed by atoms with van der Waals surface area (Å²) in [4.78, 5) is 11.2. The summed E-state index contributed by atoms with van der Waals surface area (Å²) in [5, 5.41) is 1.97. The van der Waals surface area contributed by atoms with Crippen molar-refractivity contribution in [2.24, 2.45) is 0 Å². The van der Waals surface area contributed by atoms with Crippen LogP contribution in [0.4, 0.5) is 8.78 Å². The van der Waals surface area contributed by atoms with E-state index in [2.05, 4.69) is 0 Å². The molecular weight excluding hydrogens is 288 g/mol. The molecule has 1 amide bonds. The van der Waals surface area contributed by atoms with E-state index in [1.54, 1.807) is 0 Å².